The van der Waals surface area contributed by atoms with Gasteiger partial charge in [0.25, 0.3) is 0 Å². The van der Waals surface area contributed by atoms with E-state index in [9.17, 15) is 4.79 Å². The van der Waals surface area contributed by atoms with E-state index < -0.39 is 0 Å². The van der Waals surface area contributed by atoms with E-state index in [1.165, 1.54) is 17.3 Å². The lowest BCUT2D eigenvalue weighted by Gasteiger charge is -2.08. The molecule has 0 aliphatic carbocycles. The molecule has 0 bridgehead atoms. The molecule has 0 saturated carbocycles. The fourth-order valence-electron chi connectivity index (χ4n) is 3.35. The Balaban J connectivity index is 1.44. The first kappa shape index (κ1) is 20.9. The highest BCUT2D eigenvalue weighted by molar-refractivity contribution is 7.99. The van der Waals surface area contributed by atoms with E-state index in [0.717, 1.165) is 34.2 Å². The highest BCUT2D eigenvalue weighted by Crippen LogP contribution is 2.25. The zero-order valence-electron chi connectivity index (χ0n) is 18.0. The summed E-state index contributed by atoms with van der Waals surface area (Å²) in [6.45, 7) is 5.90. The quantitative estimate of drug-likeness (QED) is 0.459. The third-order valence-corrected chi connectivity index (χ3v) is 6.05. The first-order valence-corrected chi connectivity index (χ1v) is 10.9. The van der Waals surface area contributed by atoms with Crippen LogP contribution in [-0.4, -0.2) is 36.2 Å². The number of nitrogens with zero attached hydrogens (tertiary/aromatic N) is 5. The molecule has 2 heterocycles. The van der Waals surface area contributed by atoms with Crippen LogP contribution in [0.4, 0.5) is 5.69 Å². The Labute approximate surface area is 185 Å². The van der Waals surface area contributed by atoms with Gasteiger partial charge in [-0.25, -0.2) is 4.68 Å². The van der Waals surface area contributed by atoms with Gasteiger partial charge in [0.15, 0.2) is 11.0 Å². The number of aromatic nitrogens is 5. The molecule has 0 unspecified atom stereocenters. The average molecular weight is 433 g/mol. The van der Waals surface area contributed by atoms with Crippen LogP contribution in [0.15, 0.2) is 59.8 Å². The van der Waals surface area contributed by atoms with Crippen molar-refractivity contribution in [2.75, 3.05) is 11.1 Å². The highest BCUT2D eigenvalue weighted by atomic mass is 32.2. The molecule has 1 N–H and O–H groups in total. The molecule has 31 heavy (non-hydrogen) atoms. The summed E-state index contributed by atoms with van der Waals surface area (Å²) < 4.78 is 3.76. The van der Waals surface area contributed by atoms with E-state index in [1.807, 2.05) is 91.7 Å². The fraction of sp³-hybridized carbons (Fsp3) is 0.217. The fourth-order valence-corrected chi connectivity index (χ4v) is 4.06. The maximum absolute atomic E-state index is 12.6. The van der Waals surface area contributed by atoms with Crippen molar-refractivity contribution in [2.45, 2.75) is 25.9 Å². The van der Waals surface area contributed by atoms with E-state index in [4.69, 9.17) is 0 Å². The molecule has 2 aromatic heterocycles. The Morgan fingerprint density at radius 1 is 1.00 bits per heavy atom. The van der Waals surface area contributed by atoms with Crippen molar-refractivity contribution in [2.24, 2.45) is 7.05 Å². The van der Waals surface area contributed by atoms with Crippen LogP contribution in [0.3, 0.4) is 0 Å². The van der Waals surface area contributed by atoms with Crippen molar-refractivity contribution in [1.82, 2.24) is 24.5 Å². The number of anilines is 1. The summed E-state index contributed by atoms with van der Waals surface area (Å²) in [6, 6.07) is 18.0. The average Bonchev–Trinajstić information content (AvgIpc) is 3.28. The van der Waals surface area contributed by atoms with Crippen molar-refractivity contribution in [3.8, 4) is 17.1 Å². The van der Waals surface area contributed by atoms with Crippen molar-refractivity contribution in [3.63, 3.8) is 0 Å². The second kappa shape index (κ2) is 8.77. The Morgan fingerprint density at radius 2 is 1.71 bits per heavy atom. The van der Waals surface area contributed by atoms with Gasteiger partial charge in [-0.15, -0.1) is 10.2 Å². The van der Waals surface area contributed by atoms with Gasteiger partial charge in [-0.3, -0.25) is 4.79 Å². The highest BCUT2D eigenvalue weighted by Gasteiger charge is 2.17. The predicted molar refractivity (Wildman–Crippen MR) is 124 cm³/mol. The van der Waals surface area contributed by atoms with Crippen LogP contribution < -0.4 is 5.32 Å². The Hall–Kier alpha value is -3.39. The SMILES string of the molecule is Cc1ccc(-n2nc(C)c(NC(=O)CSc3nnc(-c4ccccc4)n3C)c2C)cc1. The lowest BCUT2D eigenvalue weighted by molar-refractivity contribution is -0.113. The molecule has 0 aliphatic rings. The molecular formula is C23H24N6OS. The monoisotopic (exact) mass is 432 g/mol. The lowest BCUT2D eigenvalue weighted by Crippen LogP contribution is -2.15. The van der Waals surface area contributed by atoms with E-state index >= 15 is 0 Å². The number of carbonyl (C=O) groups excluding carboxylic acids is 1. The number of aryl methyl sites for hydroxylation is 2. The van der Waals surface area contributed by atoms with Gasteiger partial charge in [0.2, 0.25) is 5.91 Å². The molecule has 0 radical (unpaired) electrons. The van der Waals surface area contributed by atoms with Crippen LogP contribution in [0.1, 0.15) is 17.0 Å². The van der Waals surface area contributed by atoms with Crippen LogP contribution in [0.2, 0.25) is 0 Å². The molecule has 1 amide bonds. The molecule has 4 aromatic rings. The van der Waals surface area contributed by atoms with Gasteiger partial charge >= 0.3 is 0 Å². The summed E-state index contributed by atoms with van der Waals surface area (Å²) in [5, 5.41) is 16.8. The van der Waals surface area contributed by atoms with Crippen LogP contribution >= 0.6 is 11.8 Å². The van der Waals surface area contributed by atoms with Gasteiger partial charge in [-0.2, -0.15) is 5.10 Å². The Morgan fingerprint density at radius 3 is 2.42 bits per heavy atom. The number of thioether (sulfide) groups is 1. The molecule has 4 rings (SSSR count). The molecule has 2 aromatic carbocycles. The van der Waals surface area contributed by atoms with Crippen LogP contribution in [0.5, 0.6) is 0 Å². The van der Waals surface area contributed by atoms with Crippen molar-refractivity contribution < 1.29 is 4.79 Å². The molecule has 0 saturated heterocycles. The topological polar surface area (TPSA) is 77.6 Å². The second-order valence-corrected chi connectivity index (χ2v) is 8.30. The Bertz CT molecular complexity index is 1210. The largest absolute Gasteiger partial charge is 0.322 e. The maximum atomic E-state index is 12.6. The van der Waals surface area contributed by atoms with Gasteiger partial charge in [0, 0.05) is 12.6 Å². The zero-order chi connectivity index (χ0) is 22.0. The van der Waals surface area contributed by atoms with Crippen molar-refractivity contribution >= 4 is 23.4 Å². The molecule has 0 aliphatic heterocycles. The molecule has 0 spiro atoms. The summed E-state index contributed by atoms with van der Waals surface area (Å²) in [6.07, 6.45) is 0. The van der Waals surface area contributed by atoms with Gasteiger partial charge in [-0.1, -0.05) is 59.8 Å². The van der Waals surface area contributed by atoms with E-state index in [-0.39, 0.29) is 11.7 Å². The minimum atomic E-state index is -0.107. The third-order valence-electron chi connectivity index (χ3n) is 5.03. The number of rotatable bonds is 6. The summed E-state index contributed by atoms with van der Waals surface area (Å²) in [5.41, 5.74) is 5.56. The number of amides is 1. The van der Waals surface area contributed by atoms with Gasteiger partial charge in [-0.05, 0) is 32.9 Å². The first-order chi connectivity index (χ1) is 14.9. The number of hydrogen-bond donors (Lipinski definition) is 1. The van der Waals surface area contributed by atoms with Crippen molar-refractivity contribution in [3.05, 3.63) is 71.5 Å². The van der Waals surface area contributed by atoms with Crippen LogP contribution in [0.25, 0.3) is 17.1 Å². The van der Waals surface area contributed by atoms with E-state index in [0.29, 0.717) is 5.16 Å². The molecule has 0 atom stereocenters. The summed E-state index contributed by atoms with van der Waals surface area (Å²) in [4.78, 5) is 12.6. The van der Waals surface area contributed by atoms with Gasteiger partial charge in [0.1, 0.15) is 0 Å². The molecular weight excluding hydrogens is 408 g/mol. The molecule has 158 valence electrons. The normalized spacial score (nSPS) is 11.0. The zero-order valence-corrected chi connectivity index (χ0v) is 18.8. The summed E-state index contributed by atoms with van der Waals surface area (Å²) >= 11 is 1.36. The first-order valence-electron chi connectivity index (χ1n) is 9.94. The third kappa shape index (κ3) is 4.39. The summed E-state index contributed by atoms with van der Waals surface area (Å²) in [5.74, 6) is 0.897. The number of nitrogens with one attached hydrogen (secondary N) is 1. The molecule has 0 fully saturated rings. The summed E-state index contributed by atoms with van der Waals surface area (Å²) in [7, 11) is 1.91. The predicted octanol–water partition coefficient (Wildman–Crippen LogP) is 4.32. The van der Waals surface area contributed by atoms with Gasteiger partial charge in [0.05, 0.1) is 28.5 Å². The maximum Gasteiger partial charge on any atom is 0.234 e. The minimum Gasteiger partial charge on any atom is -0.322 e. The number of carbonyl (C=O) groups is 1. The van der Waals surface area contributed by atoms with Gasteiger partial charge < -0.3 is 9.88 Å². The number of hydrogen-bond acceptors (Lipinski definition) is 5. The number of benzene rings is 2. The minimum absolute atomic E-state index is 0.107. The van der Waals surface area contributed by atoms with Crippen LogP contribution in [-0.2, 0) is 11.8 Å². The second-order valence-electron chi connectivity index (χ2n) is 7.36. The molecule has 7 nitrogen and oxygen atoms in total. The van der Waals surface area contributed by atoms with E-state index in [2.05, 4.69) is 20.6 Å². The van der Waals surface area contributed by atoms with Crippen molar-refractivity contribution in [1.29, 1.82) is 0 Å². The Kier molecular flexibility index (Phi) is 5.90. The van der Waals surface area contributed by atoms with E-state index in [1.54, 1.807) is 0 Å². The molecule has 8 heteroatoms. The van der Waals surface area contributed by atoms with Crippen LogP contribution in [0, 0.1) is 20.8 Å². The smallest absolute Gasteiger partial charge is 0.234 e. The lowest BCUT2D eigenvalue weighted by atomic mass is 10.2. The standard InChI is InChI=1S/C23H24N6OS/c1-15-10-12-19(13-11-15)29-17(3)21(16(2)27-29)24-20(30)14-31-23-26-25-22(28(23)4)18-8-6-5-7-9-18/h5-13H,14H2,1-4H3,(H,24,30).